The molecule has 0 unspecified atom stereocenters. The normalized spacial score (nSPS) is 13.1. The molecule has 0 heterocycles. The van der Waals surface area contributed by atoms with Crippen molar-refractivity contribution in [3.63, 3.8) is 0 Å². The zero-order valence-electron chi connectivity index (χ0n) is 35.4. The zero-order valence-corrected chi connectivity index (χ0v) is 35.4. The third-order valence-corrected chi connectivity index (χ3v) is 12.8. The first-order valence-corrected chi connectivity index (χ1v) is 21.3. The molecule has 0 radical (unpaired) electrons. The van der Waals surface area contributed by atoms with Gasteiger partial charge in [0.05, 0.1) is 22.5 Å². The van der Waals surface area contributed by atoms with E-state index in [0.29, 0.717) is 16.7 Å². The van der Waals surface area contributed by atoms with Crippen LogP contribution < -0.4 is 10.6 Å². The minimum Gasteiger partial charge on any atom is -0.321 e. The molecule has 10 nitrogen and oxygen atoms in total. The molecule has 2 amide bonds. The average Bonchev–Trinajstić information content (AvgIpc) is 3.36. The molecule has 0 fully saturated rings. The Morgan fingerprint density at radius 3 is 1.04 bits per heavy atom. The molecule has 67 heavy (non-hydrogen) atoms. The molecule has 8 aromatic rings. The van der Waals surface area contributed by atoms with Crippen LogP contribution >= 0.6 is 0 Å². The monoisotopic (exact) mass is 872 g/mol. The molecule has 2 N–H and O–H groups in total. The van der Waals surface area contributed by atoms with Gasteiger partial charge in [-0.1, -0.05) is 121 Å². The molecule has 10 heteroatoms. The van der Waals surface area contributed by atoms with E-state index in [2.05, 4.69) is 10.6 Å². The van der Waals surface area contributed by atoms with Gasteiger partial charge in [-0.25, -0.2) is 0 Å². The molecule has 318 valence electrons. The van der Waals surface area contributed by atoms with Crippen LogP contribution in [0.1, 0.15) is 122 Å². The molecule has 8 aromatic carbocycles. The van der Waals surface area contributed by atoms with E-state index in [1.165, 1.54) is 30.3 Å². The largest absolute Gasteiger partial charge is 0.321 e. The van der Waals surface area contributed by atoms with E-state index in [1.54, 1.807) is 140 Å². The van der Waals surface area contributed by atoms with Gasteiger partial charge in [-0.05, 0) is 77.2 Å². The van der Waals surface area contributed by atoms with Crippen LogP contribution in [0.25, 0.3) is 22.3 Å². The Labute approximate surface area is 381 Å². The number of nitrogens with one attached hydrogen (secondary N) is 2. The quantitative estimate of drug-likeness (QED) is 0.167. The topological polar surface area (TPSA) is 161 Å². The SMILES string of the molecule is Cc1c(-c2ccc(NC(=O)c3ccccc3)c3c2C(=O)c2ccccc2C3=O)cc2c(c1-c1ccc(NC(=O)c3ccccc3)c3c1C(=O)c1ccccc1C3=O)C(=O)c1ccccc1C2=O. The number of benzene rings is 8. The zero-order chi connectivity index (χ0) is 46.2. The maximum atomic E-state index is 15.0. The summed E-state index contributed by atoms with van der Waals surface area (Å²) in [5.41, 5.74) is 2.27. The molecule has 0 saturated heterocycles. The number of rotatable bonds is 6. The van der Waals surface area contributed by atoms with E-state index in [9.17, 15) is 33.6 Å². The van der Waals surface area contributed by atoms with Gasteiger partial charge in [0.1, 0.15) is 0 Å². The van der Waals surface area contributed by atoms with E-state index in [0.717, 1.165) is 0 Å². The summed E-state index contributed by atoms with van der Waals surface area (Å²) >= 11 is 0. The Bertz CT molecular complexity index is 3630. The number of fused-ring (bicyclic) bond motifs is 6. The van der Waals surface area contributed by atoms with Crippen molar-refractivity contribution in [3.8, 4) is 22.3 Å². The summed E-state index contributed by atoms with van der Waals surface area (Å²) in [7, 11) is 0. The van der Waals surface area contributed by atoms with Crippen molar-refractivity contribution in [1.29, 1.82) is 0 Å². The fourth-order valence-corrected chi connectivity index (χ4v) is 9.63. The van der Waals surface area contributed by atoms with Crippen LogP contribution in [0.5, 0.6) is 0 Å². The van der Waals surface area contributed by atoms with Crippen LogP contribution in [0.15, 0.2) is 164 Å². The Balaban J connectivity index is 1.20. The molecule has 0 aliphatic heterocycles. The Morgan fingerprint density at radius 2 is 0.627 bits per heavy atom. The van der Waals surface area contributed by atoms with Gasteiger partial charge < -0.3 is 10.6 Å². The third-order valence-electron chi connectivity index (χ3n) is 12.8. The van der Waals surface area contributed by atoms with Crippen molar-refractivity contribution in [3.05, 3.63) is 247 Å². The maximum absolute atomic E-state index is 15.0. The van der Waals surface area contributed by atoms with Gasteiger partial charge in [0, 0.05) is 66.8 Å². The van der Waals surface area contributed by atoms with Gasteiger partial charge in [-0.2, -0.15) is 0 Å². The minimum absolute atomic E-state index is 0.0271. The van der Waals surface area contributed by atoms with Crippen LogP contribution in [0.2, 0.25) is 0 Å². The number of amides is 2. The number of ketones is 6. The van der Waals surface area contributed by atoms with Crippen LogP contribution in [0.4, 0.5) is 11.4 Å². The second kappa shape index (κ2) is 15.5. The second-order valence-electron chi connectivity index (χ2n) is 16.4. The van der Waals surface area contributed by atoms with Crippen molar-refractivity contribution < 1.29 is 38.4 Å². The molecule has 0 spiro atoms. The van der Waals surface area contributed by atoms with Crippen molar-refractivity contribution >= 4 is 57.9 Å². The van der Waals surface area contributed by atoms with Gasteiger partial charge >= 0.3 is 0 Å². The van der Waals surface area contributed by atoms with Crippen LogP contribution in [0, 0.1) is 6.92 Å². The maximum Gasteiger partial charge on any atom is 0.255 e. The average molecular weight is 873 g/mol. The van der Waals surface area contributed by atoms with Crippen molar-refractivity contribution in [2.24, 2.45) is 0 Å². The fraction of sp³-hybridized carbons (Fsp3) is 0.0175. The predicted octanol–water partition coefficient (Wildman–Crippen LogP) is 10.2. The van der Waals surface area contributed by atoms with Gasteiger partial charge in [0.25, 0.3) is 11.8 Å². The third kappa shape index (κ3) is 6.18. The summed E-state index contributed by atoms with van der Waals surface area (Å²) in [5, 5.41) is 5.68. The highest BCUT2D eigenvalue weighted by Crippen LogP contribution is 2.48. The molecule has 11 rings (SSSR count). The summed E-state index contributed by atoms with van der Waals surface area (Å²) in [5.74, 6) is -4.20. The van der Waals surface area contributed by atoms with Gasteiger partial charge in [-0.15, -0.1) is 0 Å². The lowest BCUT2D eigenvalue weighted by atomic mass is 9.72. The number of anilines is 2. The summed E-state index contributed by atoms with van der Waals surface area (Å²) in [4.78, 5) is 116. The number of hydrogen-bond acceptors (Lipinski definition) is 8. The van der Waals surface area contributed by atoms with Crippen LogP contribution in [0.3, 0.4) is 0 Å². The first kappa shape index (κ1) is 40.5. The van der Waals surface area contributed by atoms with Crippen molar-refractivity contribution in [2.75, 3.05) is 10.6 Å². The Kier molecular flexibility index (Phi) is 9.34. The van der Waals surface area contributed by atoms with Crippen LogP contribution in [-0.2, 0) is 0 Å². The predicted molar refractivity (Wildman–Crippen MR) is 251 cm³/mol. The van der Waals surface area contributed by atoms with Gasteiger partial charge in [-0.3, -0.25) is 38.4 Å². The number of carbonyl (C=O) groups excluding carboxylic acids is 8. The smallest absolute Gasteiger partial charge is 0.255 e. The van der Waals surface area contributed by atoms with E-state index in [1.807, 2.05) is 0 Å². The molecule has 3 aliphatic carbocycles. The van der Waals surface area contributed by atoms with Crippen molar-refractivity contribution in [1.82, 2.24) is 0 Å². The lowest BCUT2D eigenvalue weighted by Crippen LogP contribution is -2.27. The number of carbonyl (C=O) groups is 8. The second-order valence-corrected chi connectivity index (χ2v) is 16.4. The van der Waals surface area contributed by atoms with E-state index < -0.39 is 46.5 Å². The summed E-state index contributed by atoms with van der Waals surface area (Å²) in [6.45, 7) is 1.68. The minimum atomic E-state index is -0.558. The van der Waals surface area contributed by atoms with Gasteiger partial charge in [0.15, 0.2) is 34.7 Å². The highest BCUT2D eigenvalue weighted by atomic mass is 16.2. The van der Waals surface area contributed by atoms with Gasteiger partial charge in [0.2, 0.25) is 0 Å². The summed E-state index contributed by atoms with van der Waals surface area (Å²) < 4.78 is 0. The molecular formula is C57H32N2O8. The Morgan fingerprint density at radius 1 is 0.299 bits per heavy atom. The molecule has 3 aliphatic rings. The van der Waals surface area contributed by atoms with Crippen LogP contribution in [-0.4, -0.2) is 46.5 Å². The first-order valence-electron chi connectivity index (χ1n) is 21.3. The fourth-order valence-electron chi connectivity index (χ4n) is 9.63. The lowest BCUT2D eigenvalue weighted by Gasteiger charge is -2.29. The first-order chi connectivity index (χ1) is 32.5. The van der Waals surface area contributed by atoms with Crippen molar-refractivity contribution in [2.45, 2.75) is 6.92 Å². The summed E-state index contributed by atoms with van der Waals surface area (Å²) in [6, 6.07) is 43.6. The summed E-state index contributed by atoms with van der Waals surface area (Å²) in [6.07, 6.45) is 0. The highest BCUT2D eigenvalue weighted by molar-refractivity contribution is 6.36. The Hall–Kier alpha value is -9.28. The molecule has 0 saturated carbocycles. The highest BCUT2D eigenvalue weighted by Gasteiger charge is 2.41. The van der Waals surface area contributed by atoms with E-state index in [4.69, 9.17) is 0 Å². The lowest BCUT2D eigenvalue weighted by molar-refractivity contribution is 0.0977. The molecular weight excluding hydrogens is 841 g/mol. The molecule has 0 bridgehead atoms. The standard InChI is InChI=1S/C57H32N2O8/c1-29-40(32-24-26-42(58-56(66)30-14-4-2-5-15-30)48-45(32)51(61)35-20-10-12-22-37(35)54(48)64)28-41-47(53(63)34-19-9-8-18-33(34)50(41)60)44(29)39-25-27-43(59-57(67)31-16-6-3-7-17-31)49-46(39)52(62)36-21-11-13-23-38(36)55(49)65/h2-28H,1H3,(H,58,66)(H,59,67). The number of hydrogen-bond donors (Lipinski definition) is 2. The van der Waals surface area contributed by atoms with E-state index in [-0.39, 0.29) is 100 Å². The molecule has 0 aromatic heterocycles. The molecule has 0 atom stereocenters. The van der Waals surface area contributed by atoms with E-state index >= 15 is 4.79 Å².